The van der Waals surface area contributed by atoms with E-state index in [0.717, 1.165) is 24.3 Å². The van der Waals surface area contributed by atoms with E-state index in [4.69, 9.17) is 4.74 Å². The molecule has 0 aliphatic carbocycles. The molecule has 0 spiro atoms. The number of amides is 1. The maximum absolute atomic E-state index is 13.4. The summed E-state index contributed by atoms with van der Waals surface area (Å²) in [6, 6.07) is 15.4. The molecular formula is C21H14F3NO3. The number of halogens is 3. The Morgan fingerprint density at radius 2 is 1.39 bits per heavy atom. The standard InChI is InChI=1S/C21H14F3NO3/c22-15-6-8-18(9-7-15)25-20(26)19(13-4-2-1-3-5-13)28-21(27)14-10-16(23)12-17(24)11-14/h1-12,19H,(H,25,26)/t19-/m0/s1. The number of benzene rings is 3. The Balaban J connectivity index is 1.85. The molecule has 0 saturated heterocycles. The molecule has 3 aromatic carbocycles. The molecule has 0 aromatic heterocycles. The Kier molecular flexibility index (Phi) is 5.74. The van der Waals surface area contributed by atoms with Crippen LogP contribution in [0.15, 0.2) is 72.8 Å². The van der Waals surface area contributed by atoms with Gasteiger partial charge < -0.3 is 10.1 Å². The average Bonchev–Trinajstić information content (AvgIpc) is 2.67. The quantitative estimate of drug-likeness (QED) is 0.651. The van der Waals surface area contributed by atoms with Crippen molar-refractivity contribution in [1.29, 1.82) is 0 Å². The fourth-order valence-corrected chi connectivity index (χ4v) is 2.49. The van der Waals surface area contributed by atoms with E-state index in [1.807, 2.05) is 0 Å². The number of ether oxygens (including phenoxy) is 1. The molecule has 0 aliphatic heterocycles. The number of rotatable bonds is 5. The second-order valence-electron chi connectivity index (χ2n) is 5.85. The zero-order valence-corrected chi connectivity index (χ0v) is 14.4. The number of esters is 1. The van der Waals surface area contributed by atoms with E-state index in [1.54, 1.807) is 30.3 Å². The van der Waals surface area contributed by atoms with Crippen LogP contribution in [0.3, 0.4) is 0 Å². The number of anilines is 1. The molecule has 142 valence electrons. The summed E-state index contributed by atoms with van der Waals surface area (Å²) >= 11 is 0. The van der Waals surface area contributed by atoms with Crippen molar-refractivity contribution in [1.82, 2.24) is 0 Å². The van der Waals surface area contributed by atoms with Gasteiger partial charge in [-0.3, -0.25) is 4.79 Å². The Hall–Kier alpha value is -3.61. The van der Waals surface area contributed by atoms with Crippen LogP contribution >= 0.6 is 0 Å². The van der Waals surface area contributed by atoms with Gasteiger partial charge in [0.2, 0.25) is 6.10 Å². The summed E-state index contributed by atoms with van der Waals surface area (Å²) in [6.07, 6.45) is -1.38. The molecular weight excluding hydrogens is 371 g/mol. The van der Waals surface area contributed by atoms with Gasteiger partial charge in [0, 0.05) is 17.3 Å². The molecule has 3 aromatic rings. The maximum Gasteiger partial charge on any atom is 0.339 e. The van der Waals surface area contributed by atoms with Crippen LogP contribution < -0.4 is 5.32 Å². The predicted molar refractivity (Wildman–Crippen MR) is 96.0 cm³/mol. The van der Waals surface area contributed by atoms with Crippen molar-refractivity contribution >= 4 is 17.6 Å². The van der Waals surface area contributed by atoms with E-state index >= 15 is 0 Å². The van der Waals surface area contributed by atoms with E-state index in [9.17, 15) is 22.8 Å². The van der Waals surface area contributed by atoms with Crippen LogP contribution in [0, 0.1) is 17.5 Å². The van der Waals surface area contributed by atoms with Crippen LogP contribution in [0.25, 0.3) is 0 Å². The van der Waals surface area contributed by atoms with E-state index in [2.05, 4.69) is 5.32 Å². The minimum Gasteiger partial charge on any atom is -0.444 e. The molecule has 4 nitrogen and oxygen atoms in total. The van der Waals surface area contributed by atoms with Gasteiger partial charge in [-0.25, -0.2) is 18.0 Å². The van der Waals surface area contributed by atoms with Crippen LogP contribution in [0.1, 0.15) is 22.0 Å². The highest BCUT2D eigenvalue weighted by Crippen LogP contribution is 2.22. The molecule has 28 heavy (non-hydrogen) atoms. The number of carbonyl (C=O) groups is 2. The third-order valence-electron chi connectivity index (χ3n) is 3.78. The van der Waals surface area contributed by atoms with E-state index in [1.165, 1.54) is 12.1 Å². The van der Waals surface area contributed by atoms with Crippen LogP contribution in [0.4, 0.5) is 18.9 Å². The van der Waals surface area contributed by atoms with Crippen LogP contribution in [0.5, 0.6) is 0 Å². The van der Waals surface area contributed by atoms with Crippen molar-refractivity contribution in [2.45, 2.75) is 6.10 Å². The number of hydrogen-bond donors (Lipinski definition) is 1. The van der Waals surface area contributed by atoms with Gasteiger partial charge in [-0.2, -0.15) is 0 Å². The Morgan fingerprint density at radius 3 is 2.00 bits per heavy atom. The molecule has 1 amide bonds. The second-order valence-corrected chi connectivity index (χ2v) is 5.85. The monoisotopic (exact) mass is 385 g/mol. The summed E-state index contributed by atoms with van der Waals surface area (Å²) in [5.74, 6) is -4.14. The van der Waals surface area contributed by atoms with Gasteiger partial charge in [0.05, 0.1) is 5.56 Å². The van der Waals surface area contributed by atoms with Crippen molar-refractivity contribution in [2.75, 3.05) is 5.32 Å². The van der Waals surface area contributed by atoms with Gasteiger partial charge in [-0.05, 0) is 36.4 Å². The van der Waals surface area contributed by atoms with Gasteiger partial charge in [-0.15, -0.1) is 0 Å². The summed E-state index contributed by atoms with van der Waals surface area (Å²) < 4.78 is 45.0. The van der Waals surface area contributed by atoms with Crippen LogP contribution in [-0.2, 0) is 9.53 Å². The first-order valence-electron chi connectivity index (χ1n) is 8.21. The molecule has 3 rings (SSSR count). The van der Waals surface area contributed by atoms with E-state index < -0.39 is 35.4 Å². The predicted octanol–water partition coefficient (Wildman–Crippen LogP) is 4.64. The minimum atomic E-state index is -1.38. The lowest BCUT2D eigenvalue weighted by Gasteiger charge is -2.18. The summed E-state index contributed by atoms with van der Waals surface area (Å²) in [6.45, 7) is 0. The van der Waals surface area contributed by atoms with Crippen LogP contribution in [0.2, 0.25) is 0 Å². The molecule has 0 saturated carbocycles. The Morgan fingerprint density at radius 1 is 0.786 bits per heavy atom. The largest absolute Gasteiger partial charge is 0.444 e. The lowest BCUT2D eigenvalue weighted by molar-refractivity contribution is -0.125. The fraction of sp³-hybridized carbons (Fsp3) is 0.0476. The van der Waals surface area contributed by atoms with Gasteiger partial charge in [0.1, 0.15) is 17.5 Å². The molecule has 1 N–H and O–H groups in total. The molecule has 0 fully saturated rings. The third kappa shape index (κ3) is 4.76. The van der Waals surface area contributed by atoms with Gasteiger partial charge in [-0.1, -0.05) is 30.3 Å². The highest BCUT2D eigenvalue weighted by Gasteiger charge is 2.26. The molecule has 0 aliphatic rings. The molecule has 0 heterocycles. The first-order valence-corrected chi connectivity index (χ1v) is 8.21. The molecule has 0 unspecified atom stereocenters. The Labute approximate surface area is 158 Å². The number of carbonyl (C=O) groups excluding carboxylic acids is 2. The summed E-state index contributed by atoms with van der Waals surface area (Å²) in [4.78, 5) is 25.0. The van der Waals surface area contributed by atoms with Crippen molar-refractivity contribution in [3.63, 3.8) is 0 Å². The molecule has 0 bridgehead atoms. The smallest absolute Gasteiger partial charge is 0.339 e. The van der Waals surface area contributed by atoms with E-state index in [0.29, 0.717) is 17.3 Å². The zero-order valence-electron chi connectivity index (χ0n) is 14.4. The first kappa shape index (κ1) is 19.2. The lowest BCUT2D eigenvalue weighted by Crippen LogP contribution is -2.26. The van der Waals surface area contributed by atoms with Crippen molar-refractivity contribution < 1.29 is 27.5 Å². The highest BCUT2D eigenvalue weighted by molar-refractivity contribution is 5.98. The SMILES string of the molecule is O=C(O[C@H](C(=O)Nc1ccc(F)cc1)c1ccccc1)c1cc(F)cc(F)c1. The second kappa shape index (κ2) is 8.39. The topological polar surface area (TPSA) is 55.4 Å². The third-order valence-corrected chi connectivity index (χ3v) is 3.78. The molecule has 1 atom stereocenters. The summed E-state index contributed by atoms with van der Waals surface area (Å²) in [7, 11) is 0. The first-order chi connectivity index (χ1) is 13.4. The molecule has 0 radical (unpaired) electrons. The normalized spacial score (nSPS) is 11.5. The van der Waals surface area contributed by atoms with Crippen molar-refractivity contribution in [3.05, 3.63) is 101 Å². The lowest BCUT2D eigenvalue weighted by atomic mass is 10.1. The highest BCUT2D eigenvalue weighted by atomic mass is 19.1. The van der Waals surface area contributed by atoms with Gasteiger partial charge in [0.25, 0.3) is 5.91 Å². The van der Waals surface area contributed by atoms with Crippen molar-refractivity contribution in [2.24, 2.45) is 0 Å². The molecule has 7 heteroatoms. The Bertz CT molecular complexity index is 971. The zero-order chi connectivity index (χ0) is 20.1. The van der Waals surface area contributed by atoms with E-state index in [-0.39, 0.29) is 5.56 Å². The number of hydrogen-bond acceptors (Lipinski definition) is 3. The summed E-state index contributed by atoms with van der Waals surface area (Å²) in [5.41, 5.74) is 0.278. The number of nitrogens with one attached hydrogen (secondary N) is 1. The van der Waals surface area contributed by atoms with Crippen molar-refractivity contribution in [3.8, 4) is 0 Å². The average molecular weight is 385 g/mol. The fourth-order valence-electron chi connectivity index (χ4n) is 2.49. The van der Waals surface area contributed by atoms with Gasteiger partial charge in [0.15, 0.2) is 0 Å². The van der Waals surface area contributed by atoms with Gasteiger partial charge >= 0.3 is 5.97 Å². The summed E-state index contributed by atoms with van der Waals surface area (Å²) in [5, 5.41) is 2.52. The van der Waals surface area contributed by atoms with Crippen LogP contribution in [-0.4, -0.2) is 11.9 Å². The maximum atomic E-state index is 13.4. The minimum absolute atomic E-state index is 0.292.